The van der Waals surface area contributed by atoms with Crippen molar-refractivity contribution in [2.75, 3.05) is 19.4 Å². The van der Waals surface area contributed by atoms with Gasteiger partial charge in [0.2, 0.25) is 0 Å². The maximum absolute atomic E-state index is 11.7. The Bertz CT molecular complexity index is 508. The lowest BCUT2D eigenvalue weighted by atomic mass is 10.3. The van der Waals surface area contributed by atoms with Crippen LogP contribution in [0.25, 0.3) is 0 Å². The molecule has 0 bridgehead atoms. The van der Waals surface area contributed by atoms with Crippen LogP contribution in [0.5, 0.6) is 0 Å². The molecule has 1 aromatic rings. The van der Waals surface area contributed by atoms with Gasteiger partial charge in [0.1, 0.15) is 6.54 Å². The number of ether oxygens (including phenoxy) is 1. The van der Waals surface area contributed by atoms with E-state index in [0.717, 1.165) is 0 Å². The maximum atomic E-state index is 11.7. The number of aromatic nitrogens is 2. The first-order valence-corrected chi connectivity index (χ1v) is 6.44. The number of aryl methyl sites for hydroxylation is 1. The Morgan fingerprint density at radius 3 is 2.45 bits per heavy atom. The summed E-state index contributed by atoms with van der Waals surface area (Å²) in [6, 6.07) is 0.0667. The Hall–Kier alpha value is -2.05. The van der Waals surface area contributed by atoms with E-state index in [0.29, 0.717) is 17.1 Å². The topological polar surface area (TPSA) is 90.5 Å². The van der Waals surface area contributed by atoms with Gasteiger partial charge in [0, 0.05) is 13.1 Å². The van der Waals surface area contributed by atoms with Crippen LogP contribution in [0.4, 0.5) is 5.69 Å². The zero-order valence-corrected chi connectivity index (χ0v) is 12.6. The molecule has 1 amide bonds. The third-order valence-corrected chi connectivity index (χ3v) is 3.24. The summed E-state index contributed by atoms with van der Waals surface area (Å²) in [6.07, 6.45) is 0. The van der Waals surface area contributed by atoms with Crippen molar-refractivity contribution >= 4 is 17.6 Å². The van der Waals surface area contributed by atoms with Crippen LogP contribution in [0.3, 0.4) is 0 Å². The molecule has 1 rings (SSSR count). The van der Waals surface area contributed by atoms with E-state index in [1.54, 1.807) is 20.9 Å². The molecule has 0 atom stereocenters. The third kappa shape index (κ3) is 3.72. The Morgan fingerprint density at radius 1 is 1.40 bits per heavy atom. The van der Waals surface area contributed by atoms with Crippen LogP contribution < -0.4 is 5.73 Å². The van der Waals surface area contributed by atoms with E-state index in [9.17, 15) is 9.59 Å². The molecule has 2 N–H and O–H groups in total. The number of esters is 1. The second kappa shape index (κ2) is 6.40. The minimum Gasteiger partial charge on any atom is -0.454 e. The van der Waals surface area contributed by atoms with Gasteiger partial charge in [0.15, 0.2) is 6.61 Å². The molecule has 112 valence electrons. The van der Waals surface area contributed by atoms with Crippen LogP contribution in [-0.2, 0) is 20.9 Å². The van der Waals surface area contributed by atoms with E-state index >= 15 is 0 Å². The highest BCUT2D eigenvalue weighted by Gasteiger charge is 2.16. The van der Waals surface area contributed by atoms with Crippen LogP contribution in [0.2, 0.25) is 0 Å². The van der Waals surface area contributed by atoms with Gasteiger partial charge in [0.05, 0.1) is 17.1 Å². The SMILES string of the molecule is Cc1nn(CC(=O)OCC(=O)N(C)C(C)C)c(C)c1N. The summed E-state index contributed by atoms with van der Waals surface area (Å²) in [7, 11) is 1.67. The Labute approximate surface area is 118 Å². The number of carbonyl (C=O) groups excluding carboxylic acids is 2. The van der Waals surface area contributed by atoms with Gasteiger partial charge in [-0.25, -0.2) is 0 Å². The molecular weight excluding hydrogens is 260 g/mol. The van der Waals surface area contributed by atoms with Gasteiger partial charge in [-0.05, 0) is 27.7 Å². The van der Waals surface area contributed by atoms with Gasteiger partial charge < -0.3 is 15.4 Å². The molecule has 7 nitrogen and oxygen atoms in total. The number of nitrogens with zero attached hydrogens (tertiary/aromatic N) is 3. The van der Waals surface area contributed by atoms with E-state index in [4.69, 9.17) is 10.5 Å². The van der Waals surface area contributed by atoms with Crippen molar-refractivity contribution in [3.63, 3.8) is 0 Å². The summed E-state index contributed by atoms with van der Waals surface area (Å²) >= 11 is 0. The third-order valence-electron chi connectivity index (χ3n) is 3.24. The minimum atomic E-state index is -0.513. The van der Waals surface area contributed by atoms with Gasteiger partial charge in [-0.1, -0.05) is 0 Å². The molecule has 0 unspecified atom stereocenters. The molecule has 0 spiro atoms. The Morgan fingerprint density at radius 2 is 2.00 bits per heavy atom. The van der Waals surface area contributed by atoms with Crippen LogP contribution in [0.1, 0.15) is 25.2 Å². The molecule has 0 saturated carbocycles. The van der Waals surface area contributed by atoms with Gasteiger partial charge >= 0.3 is 5.97 Å². The summed E-state index contributed by atoms with van der Waals surface area (Å²) in [4.78, 5) is 24.9. The number of rotatable bonds is 5. The number of amides is 1. The molecule has 0 fully saturated rings. The smallest absolute Gasteiger partial charge is 0.328 e. The number of nitrogen functional groups attached to an aromatic ring is 1. The molecule has 20 heavy (non-hydrogen) atoms. The molecule has 0 aromatic carbocycles. The highest BCUT2D eigenvalue weighted by Crippen LogP contribution is 2.14. The quantitative estimate of drug-likeness (QED) is 0.794. The number of hydrogen-bond acceptors (Lipinski definition) is 5. The van der Waals surface area contributed by atoms with Crippen LogP contribution >= 0.6 is 0 Å². The largest absolute Gasteiger partial charge is 0.454 e. The summed E-state index contributed by atoms with van der Waals surface area (Å²) < 4.78 is 6.43. The average Bonchev–Trinajstić information content (AvgIpc) is 2.62. The van der Waals surface area contributed by atoms with Crippen molar-refractivity contribution in [2.45, 2.75) is 40.3 Å². The van der Waals surface area contributed by atoms with E-state index in [1.165, 1.54) is 9.58 Å². The summed E-state index contributed by atoms with van der Waals surface area (Å²) in [5.74, 6) is -0.748. The molecular formula is C13H22N4O3. The van der Waals surface area contributed by atoms with Crippen molar-refractivity contribution in [3.05, 3.63) is 11.4 Å². The lowest BCUT2D eigenvalue weighted by Gasteiger charge is -2.21. The summed E-state index contributed by atoms with van der Waals surface area (Å²) in [6.45, 7) is 7.01. The zero-order chi connectivity index (χ0) is 15.4. The van der Waals surface area contributed by atoms with E-state index in [-0.39, 0.29) is 25.1 Å². The Kier molecular flexibility index (Phi) is 5.12. The van der Waals surface area contributed by atoms with Crippen molar-refractivity contribution in [2.24, 2.45) is 0 Å². The molecule has 1 aromatic heterocycles. The lowest BCUT2D eigenvalue weighted by molar-refractivity contribution is -0.152. The van der Waals surface area contributed by atoms with Crippen molar-refractivity contribution in [3.8, 4) is 0 Å². The second-order valence-electron chi connectivity index (χ2n) is 5.00. The number of hydrogen-bond donors (Lipinski definition) is 1. The van der Waals surface area contributed by atoms with Gasteiger partial charge in [-0.2, -0.15) is 5.10 Å². The van der Waals surface area contributed by atoms with E-state index in [1.807, 2.05) is 13.8 Å². The van der Waals surface area contributed by atoms with Crippen LogP contribution in [-0.4, -0.2) is 46.3 Å². The standard InChI is InChI=1S/C13H22N4O3/c1-8(2)16(5)11(18)7-20-12(19)6-17-10(4)13(14)9(3)15-17/h8H,6-7,14H2,1-5H3. The summed E-state index contributed by atoms with van der Waals surface area (Å²) in [5.41, 5.74) is 7.73. The number of nitrogens with two attached hydrogens (primary N) is 1. The number of anilines is 1. The molecule has 1 heterocycles. The van der Waals surface area contributed by atoms with E-state index in [2.05, 4.69) is 5.10 Å². The highest BCUT2D eigenvalue weighted by molar-refractivity contribution is 5.80. The highest BCUT2D eigenvalue weighted by atomic mass is 16.5. The normalized spacial score (nSPS) is 10.7. The molecule has 0 aliphatic heterocycles. The fraction of sp³-hybridized carbons (Fsp3) is 0.615. The van der Waals surface area contributed by atoms with Crippen LogP contribution in [0, 0.1) is 13.8 Å². The maximum Gasteiger partial charge on any atom is 0.328 e. The van der Waals surface area contributed by atoms with Gasteiger partial charge in [0.25, 0.3) is 5.91 Å². The van der Waals surface area contributed by atoms with Gasteiger partial charge in [-0.15, -0.1) is 0 Å². The number of carbonyl (C=O) groups is 2. The Balaban J connectivity index is 2.52. The van der Waals surface area contributed by atoms with Crippen molar-refractivity contribution < 1.29 is 14.3 Å². The zero-order valence-electron chi connectivity index (χ0n) is 12.6. The number of likely N-dealkylation sites (N-methyl/N-ethyl adjacent to an activating group) is 1. The second-order valence-corrected chi connectivity index (χ2v) is 5.00. The van der Waals surface area contributed by atoms with Crippen LogP contribution in [0.15, 0.2) is 0 Å². The van der Waals surface area contributed by atoms with Gasteiger partial charge in [-0.3, -0.25) is 14.3 Å². The monoisotopic (exact) mass is 282 g/mol. The van der Waals surface area contributed by atoms with Crippen molar-refractivity contribution in [1.29, 1.82) is 0 Å². The van der Waals surface area contributed by atoms with Crippen molar-refractivity contribution in [1.82, 2.24) is 14.7 Å². The fourth-order valence-electron chi connectivity index (χ4n) is 1.56. The fourth-order valence-corrected chi connectivity index (χ4v) is 1.56. The summed E-state index contributed by atoms with van der Waals surface area (Å²) in [5, 5.41) is 4.14. The first-order chi connectivity index (χ1) is 9.23. The molecule has 0 aliphatic carbocycles. The first kappa shape index (κ1) is 16.0. The van der Waals surface area contributed by atoms with E-state index < -0.39 is 5.97 Å². The lowest BCUT2D eigenvalue weighted by Crippen LogP contribution is -2.36. The molecule has 7 heteroatoms. The molecule has 0 radical (unpaired) electrons. The average molecular weight is 282 g/mol. The molecule has 0 aliphatic rings. The predicted molar refractivity (Wildman–Crippen MR) is 75.0 cm³/mol. The molecule has 0 saturated heterocycles. The first-order valence-electron chi connectivity index (χ1n) is 6.44. The minimum absolute atomic E-state index is 0.0530. The predicted octanol–water partition coefficient (Wildman–Crippen LogP) is 0.492.